The van der Waals surface area contributed by atoms with E-state index in [2.05, 4.69) is 22.0 Å². The van der Waals surface area contributed by atoms with E-state index in [1.54, 1.807) is 0 Å². The van der Waals surface area contributed by atoms with Crippen LogP contribution in [0.5, 0.6) is 0 Å². The summed E-state index contributed by atoms with van der Waals surface area (Å²) in [4.78, 5) is 0. The Bertz CT molecular complexity index is 364. The van der Waals surface area contributed by atoms with Gasteiger partial charge in [0.25, 0.3) is 0 Å². The summed E-state index contributed by atoms with van der Waals surface area (Å²) in [5.74, 6) is 2.17. The largest absolute Gasteiger partial charge is 0.450 e. The van der Waals surface area contributed by atoms with E-state index < -0.39 is 0 Å². The molecule has 0 atom stereocenters. The molecular formula is C13H16BrClO. The molecule has 2 rings (SSSR count). The van der Waals surface area contributed by atoms with Gasteiger partial charge in [0.05, 0.1) is 0 Å². The maximum absolute atomic E-state index is 6.04. The molecule has 0 aromatic carbocycles. The van der Waals surface area contributed by atoms with Crippen molar-refractivity contribution < 1.29 is 4.42 Å². The molecule has 1 aromatic rings. The zero-order valence-corrected chi connectivity index (χ0v) is 11.6. The standard InChI is InChI=1S/C13H16BrClO/c14-13-7-6-12(16-13)8-11(9-15)10-4-2-1-3-5-10/h6-8,10H,1-5,9H2. The fraction of sp³-hybridized carbons (Fsp3) is 0.538. The van der Waals surface area contributed by atoms with Crippen LogP contribution >= 0.6 is 27.5 Å². The molecule has 1 fully saturated rings. The van der Waals surface area contributed by atoms with Crippen LogP contribution in [0.4, 0.5) is 0 Å². The summed E-state index contributed by atoms with van der Waals surface area (Å²) >= 11 is 9.35. The minimum Gasteiger partial charge on any atom is -0.450 e. The van der Waals surface area contributed by atoms with Crippen molar-refractivity contribution in [2.24, 2.45) is 5.92 Å². The van der Waals surface area contributed by atoms with Gasteiger partial charge in [-0.25, -0.2) is 0 Å². The van der Waals surface area contributed by atoms with Crippen LogP contribution in [0.15, 0.2) is 26.8 Å². The van der Waals surface area contributed by atoms with Crippen molar-refractivity contribution >= 4 is 33.6 Å². The third-order valence-corrected chi connectivity index (χ3v) is 3.94. The fourth-order valence-electron chi connectivity index (χ4n) is 2.33. The topological polar surface area (TPSA) is 13.1 Å². The van der Waals surface area contributed by atoms with Crippen LogP contribution in [0.2, 0.25) is 0 Å². The maximum Gasteiger partial charge on any atom is 0.169 e. The van der Waals surface area contributed by atoms with E-state index in [9.17, 15) is 0 Å². The molecule has 0 unspecified atom stereocenters. The first-order chi connectivity index (χ1) is 7.79. The summed E-state index contributed by atoms with van der Waals surface area (Å²) in [5.41, 5.74) is 1.32. The molecule has 88 valence electrons. The third kappa shape index (κ3) is 3.14. The average molecular weight is 304 g/mol. The van der Waals surface area contributed by atoms with E-state index in [0.717, 1.165) is 10.4 Å². The van der Waals surface area contributed by atoms with Crippen molar-refractivity contribution in [3.8, 4) is 0 Å². The van der Waals surface area contributed by atoms with Gasteiger partial charge in [-0.1, -0.05) is 19.3 Å². The highest BCUT2D eigenvalue weighted by molar-refractivity contribution is 9.10. The number of alkyl halides is 1. The van der Waals surface area contributed by atoms with Gasteiger partial charge in [-0.2, -0.15) is 0 Å². The Hall–Kier alpha value is -0.210. The number of rotatable bonds is 3. The molecule has 0 spiro atoms. The Morgan fingerprint density at radius 2 is 2.12 bits per heavy atom. The molecule has 1 aliphatic rings. The lowest BCUT2D eigenvalue weighted by atomic mass is 9.84. The molecule has 1 nitrogen and oxygen atoms in total. The highest BCUT2D eigenvalue weighted by Crippen LogP contribution is 2.31. The Morgan fingerprint density at radius 3 is 2.69 bits per heavy atom. The van der Waals surface area contributed by atoms with E-state index in [-0.39, 0.29) is 0 Å². The summed E-state index contributed by atoms with van der Waals surface area (Å²) in [5, 5.41) is 0. The van der Waals surface area contributed by atoms with Crippen LogP contribution in [0, 0.1) is 5.92 Å². The molecule has 1 saturated carbocycles. The van der Waals surface area contributed by atoms with Crippen molar-refractivity contribution in [2.75, 3.05) is 5.88 Å². The van der Waals surface area contributed by atoms with Crippen molar-refractivity contribution in [3.05, 3.63) is 28.1 Å². The van der Waals surface area contributed by atoms with E-state index in [1.807, 2.05) is 12.1 Å². The van der Waals surface area contributed by atoms with Gasteiger partial charge in [0, 0.05) is 5.88 Å². The predicted octanol–water partition coefficient (Wildman–Crippen LogP) is 5.24. The van der Waals surface area contributed by atoms with Crippen LogP contribution in [0.1, 0.15) is 37.9 Å². The summed E-state index contributed by atoms with van der Waals surface area (Å²) < 4.78 is 6.26. The number of furan rings is 1. The Labute approximate surface area is 110 Å². The average Bonchev–Trinajstić information content (AvgIpc) is 2.73. The molecule has 1 heterocycles. The van der Waals surface area contributed by atoms with E-state index in [1.165, 1.54) is 37.7 Å². The minimum atomic E-state index is 0.614. The van der Waals surface area contributed by atoms with E-state index in [0.29, 0.717) is 11.8 Å². The van der Waals surface area contributed by atoms with Crippen LogP contribution in [-0.2, 0) is 0 Å². The molecule has 3 heteroatoms. The normalized spacial score (nSPS) is 19.0. The molecular weight excluding hydrogens is 287 g/mol. The van der Waals surface area contributed by atoms with Crippen LogP contribution in [0.25, 0.3) is 6.08 Å². The zero-order valence-electron chi connectivity index (χ0n) is 9.22. The molecule has 0 saturated heterocycles. The molecule has 0 bridgehead atoms. The summed E-state index contributed by atoms with van der Waals surface area (Å²) in [6, 6.07) is 3.89. The van der Waals surface area contributed by atoms with Gasteiger partial charge in [-0.3, -0.25) is 0 Å². The molecule has 0 amide bonds. The lowest BCUT2D eigenvalue weighted by Crippen LogP contribution is -2.10. The van der Waals surface area contributed by atoms with E-state index >= 15 is 0 Å². The number of hydrogen-bond acceptors (Lipinski definition) is 1. The van der Waals surface area contributed by atoms with Gasteiger partial charge in [0.15, 0.2) is 4.67 Å². The first kappa shape index (κ1) is 12.3. The van der Waals surface area contributed by atoms with Gasteiger partial charge in [-0.05, 0) is 58.5 Å². The van der Waals surface area contributed by atoms with Crippen molar-refractivity contribution in [1.29, 1.82) is 0 Å². The molecule has 1 aromatic heterocycles. The molecule has 0 N–H and O–H groups in total. The first-order valence-corrected chi connectivity index (χ1v) is 7.14. The van der Waals surface area contributed by atoms with E-state index in [4.69, 9.17) is 16.0 Å². The highest BCUT2D eigenvalue weighted by atomic mass is 79.9. The maximum atomic E-state index is 6.04. The smallest absolute Gasteiger partial charge is 0.169 e. The monoisotopic (exact) mass is 302 g/mol. The first-order valence-electron chi connectivity index (χ1n) is 5.81. The number of allylic oxidation sites excluding steroid dienone is 1. The van der Waals surface area contributed by atoms with Gasteiger partial charge >= 0.3 is 0 Å². The molecule has 0 radical (unpaired) electrons. The molecule has 0 aliphatic heterocycles. The van der Waals surface area contributed by atoms with Crippen molar-refractivity contribution in [1.82, 2.24) is 0 Å². The van der Waals surface area contributed by atoms with Crippen LogP contribution < -0.4 is 0 Å². The fourth-order valence-corrected chi connectivity index (χ4v) is 2.94. The molecule has 16 heavy (non-hydrogen) atoms. The van der Waals surface area contributed by atoms with Crippen LogP contribution in [-0.4, -0.2) is 5.88 Å². The predicted molar refractivity (Wildman–Crippen MR) is 71.7 cm³/mol. The second-order valence-corrected chi connectivity index (χ2v) is 5.38. The SMILES string of the molecule is ClCC(=Cc1ccc(Br)o1)C1CCCCC1. The second-order valence-electron chi connectivity index (χ2n) is 4.33. The number of hydrogen-bond donors (Lipinski definition) is 0. The van der Waals surface area contributed by atoms with Crippen molar-refractivity contribution in [2.45, 2.75) is 32.1 Å². The third-order valence-electron chi connectivity index (χ3n) is 3.21. The second kappa shape index (κ2) is 5.92. The van der Waals surface area contributed by atoms with Gasteiger partial charge in [0.1, 0.15) is 5.76 Å². The summed E-state index contributed by atoms with van der Waals surface area (Å²) in [7, 11) is 0. The van der Waals surface area contributed by atoms with Gasteiger partial charge < -0.3 is 4.42 Å². The summed E-state index contributed by atoms with van der Waals surface area (Å²) in [6.45, 7) is 0. The van der Waals surface area contributed by atoms with Crippen molar-refractivity contribution in [3.63, 3.8) is 0 Å². The lowest BCUT2D eigenvalue weighted by molar-refractivity contribution is 0.404. The van der Waals surface area contributed by atoms with Crippen LogP contribution in [0.3, 0.4) is 0 Å². The quantitative estimate of drug-likeness (QED) is 0.696. The minimum absolute atomic E-state index is 0.614. The summed E-state index contributed by atoms with van der Waals surface area (Å²) in [6.07, 6.45) is 8.70. The molecule has 1 aliphatic carbocycles. The highest BCUT2D eigenvalue weighted by Gasteiger charge is 2.17. The number of halogens is 2. The lowest BCUT2D eigenvalue weighted by Gasteiger charge is -2.23. The van der Waals surface area contributed by atoms with Gasteiger partial charge in [-0.15, -0.1) is 11.6 Å². The van der Waals surface area contributed by atoms with Gasteiger partial charge in [0.2, 0.25) is 0 Å². The zero-order chi connectivity index (χ0) is 11.4. The Balaban J connectivity index is 2.11. The Kier molecular flexibility index (Phi) is 4.54. The Morgan fingerprint density at radius 1 is 1.38 bits per heavy atom.